The minimum absolute atomic E-state index is 0.0475. The second kappa shape index (κ2) is 7.28. The van der Waals surface area contributed by atoms with E-state index in [-0.39, 0.29) is 35.8 Å². The van der Waals surface area contributed by atoms with E-state index < -0.39 is 11.6 Å². The van der Waals surface area contributed by atoms with Crippen LogP contribution in [0.2, 0.25) is 0 Å². The van der Waals surface area contributed by atoms with Crippen LogP contribution in [0.4, 0.5) is 8.78 Å². The maximum absolute atomic E-state index is 13.6. The highest BCUT2D eigenvalue weighted by Gasteiger charge is 2.31. The lowest BCUT2D eigenvalue weighted by Crippen LogP contribution is -2.43. The molecule has 24 heavy (non-hydrogen) atoms. The SMILES string of the molecule is O=C(Cc1cc(F)ccc1F)N[C@@H]1CCC[C@@H](C(=O)NC2CC2)C1. The average molecular weight is 336 g/mol. The highest BCUT2D eigenvalue weighted by Crippen LogP contribution is 2.27. The van der Waals surface area contributed by atoms with Crippen LogP contribution in [0.3, 0.4) is 0 Å². The topological polar surface area (TPSA) is 58.2 Å². The first-order chi connectivity index (χ1) is 11.5. The van der Waals surface area contributed by atoms with Crippen molar-refractivity contribution in [3.05, 3.63) is 35.4 Å². The minimum Gasteiger partial charge on any atom is -0.353 e. The van der Waals surface area contributed by atoms with Crippen molar-refractivity contribution in [3.8, 4) is 0 Å². The van der Waals surface area contributed by atoms with Gasteiger partial charge in [0.1, 0.15) is 11.6 Å². The van der Waals surface area contributed by atoms with Gasteiger partial charge in [0.25, 0.3) is 0 Å². The van der Waals surface area contributed by atoms with Gasteiger partial charge in [0.15, 0.2) is 0 Å². The van der Waals surface area contributed by atoms with E-state index in [2.05, 4.69) is 10.6 Å². The molecule has 0 heterocycles. The van der Waals surface area contributed by atoms with Crippen LogP contribution < -0.4 is 10.6 Å². The van der Waals surface area contributed by atoms with Crippen LogP contribution in [0.25, 0.3) is 0 Å². The number of benzene rings is 1. The zero-order valence-corrected chi connectivity index (χ0v) is 13.5. The van der Waals surface area contributed by atoms with Crippen LogP contribution in [0.15, 0.2) is 18.2 Å². The molecule has 1 aromatic carbocycles. The van der Waals surface area contributed by atoms with Crippen LogP contribution >= 0.6 is 0 Å². The van der Waals surface area contributed by atoms with Crippen molar-refractivity contribution in [2.45, 2.75) is 57.0 Å². The van der Waals surface area contributed by atoms with Crippen molar-refractivity contribution in [1.82, 2.24) is 10.6 Å². The summed E-state index contributed by atoms with van der Waals surface area (Å²) < 4.78 is 26.8. The minimum atomic E-state index is -0.586. The molecule has 0 aliphatic heterocycles. The van der Waals surface area contributed by atoms with Gasteiger partial charge in [-0.15, -0.1) is 0 Å². The number of hydrogen-bond acceptors (Lipinski definition) is 2. The number of carbonyl (C=O) groups is 2. The summed E-state index contributed by atoms with van der Waals surface area (Å²) in [6.45, 7) is 0. The molecule has 2 aliphatic carbocycles. The smallest absolute Gasteiger partial charge is 0.224 e. The summed E-state index contributed by atoms with van der Waals surface area (Å²) in [7, 11) is 0. The van der Waals surface area contributed by atoms with Crippen molar-refractivity contribution < 1.29 is 18.4 Å². The molecule has 0 saturated heterocycles. The third-order valence-electron chi connectivity index (χ3n) is 4.69. The Balaban J connectivity index is 1.51. The molecule has 2 saturated carbocycles. The second-order valence-corrected chi connectivity index (χ2v) is 6.82. The lowest BCUT2D eigenvalue weighted by atomic mass is 9.85. The van der Waals surface area contributed by atoms with Gasteiger partial charge in [0.05, 0.1) is 6.42 Å². The predicted molar refractivity (Wildman–Crippen MR) is 85.1 cm³/mol. The third kappa shape index (κ3) is 4.52. The van der Waals surface area contributed by atoms with E-state index in [0.29, 0.717) is 12.5 Å². The van der Waals surface area contributed by atoms with Crippen LogP contribution in [0.5, 0.6) is 0 Å². The Kier molecular flexibility index (Phi) is 5.11. The highest BCUT2D eigenvalue weighted by atomic mass is 19.1. The fourth-order valence-corrected chi connectivity index (χ4v) is 3.24. The number of nitrogens with one attached hydrogen (secondary N) is 2. The largest absolute Gasteiger partial charge is 0.353 e. The normalized spacial score (nSPS) is 23.6. The molecule has 0 spiro atoms. The van der Waals surface area contributed by atoms with Crippen molar-refractivity contribution in [1.29, 1.82) is 0 Å². The van der Waals surface area contributed by atoms with Gasteiger partial charge >= 0.3 is 0 Å². The predicted octanol–water partition coefficient (Wildman–Crippen LogP) is 2.46. The Morgan fingerprint density at radius 1 is 1.04 bits per heavy atom. The summed E-state index contributed by atoms with van der Waals surface area (Å²) in [6.07, 6.45) is 5.04. The molecule has 130 valence electrons. The molecule has 2 N–H and O–H groups in total. The molecular formula is C18H22F2N2O2. The molecule has 0 unspecified atom stereocenters. The van der Waals surface area contributed by atoms with Gasteiger partial charge in [0, 0.05) is 23.6 Å². The highest BCUT2D eigenvalue weighted by molar-refractivity contribution is 5.80. The summed E-state index contributed by atoms with van der Waals surface area (Å²) in [5.41, 5.74) is 0.0475. The fraction of sp³-hybridized carbons (Fsp3) is 0.556. The molecule has 3 rings (SSSR count). The van der Waals surface area contributed by atoms with E-state index in [1.165, 1.54) is 0 Å². The molecule has 4 nitrogen and oxygen atoms in total. The standard InChI is InChI=1S/C18H22F2N2O2/c19-13-4-7-16(20)12(8-13)10-17(23)21-15-3-1-2-11(9-15)18(24)22-14-5-6-14/h4,7-8,11,14-15H,1-3,5-6,9-10H2,(H,21,23)(H,22,24)/t11-,15-/m1/s1. The summed E-state index contributed by atoms with van der Waals surface area (Å²) in [5, 5.41) is 5.87. The van der Waals surface area contributed by atoms with E-state index in [9.17, 15) is 18.4 Å². The van der Waals surface area contributed by atoms with Crippen molar-refractivity contribution in [2.75, 3.05) is 0 Å². The number of halogens is 2. The Morgan fingerprint density at radius 2 is 1.83 bits per heavy atom. The average Bonchev–Trinajstić information content (AvgIpc) is 3.35. The number of carbonyl (C=O) groups excluding carboxylic acids is 2. The van der Waals surface area contributed by atoms with Gasteiger partial charge in [0.2, 0.25) is 11.8 Å². The molecule has 0 radical (unpaired) electrons. The zero-order chi connectivity index (χ0) is 17.1. The van der Waals surface area contributed by atoms with Gasteiger partial charge in [-0.2, -0.15) is 0 Å². The summed E-state index contributed by atoms with van der Waals surface area (Å²) in [6, 6.07) is 3.35. The van der Waals surface area contributed by atoms with Gasteiger partial charge in [-0.1, -0.05) is 6.42 Å². The Labute approximate surface area is 140 Å². The van der Waals surface area contributed by atoms with Gasteiger partial charge in [-0.25, -0.2) is 8.78 Å². The Hall–Kier alpha value is -1.98. The molecular weight excluding hydrogens is 314 g/mol. The van der Waals surface area contributed by atoms with E-state index in [4.69, 9.17) is 0 Å². The summed E-state index contributed by atoms with van der Waals surface area (Å²) in [4.78, 5) is 24.2. The molecule has 2 amide bonds. The monoisotopic (exact) mass is 336 g/mol. The van der Waals surface area contributed by atoms with Crippen LogP contribution in [0, 0.1) is 17.6 Å². The maximum atomic E-state index is 13.6. The van der Waals surface area contributed by atoms with Crippen LogP contribution in [0.1, 0.15) is 44.1 Å². The third-order valence-corrected chi connectivity index (χ3v) is 4.69. The van der Waals surface area contributed by atoms with Crippen LogP contribution in [-0.2, 0) is 16.0 Å². The lowest BCUT2D eigenvalue weighted by Gasteiger charge is -2.29. The summed E-state index contributed by atoms with van der Waals surface area (Å²) in [5.74, 6) is -1.48. The summed E-state index contributed by atoms with van der Waals surface area (Å²) >= 11 is 0. The molecule has 1 aromatic rings. The fourth-order valence-electron chi connectivity index (χ4n) is 3.24. The molecule has 6 heteroatoms. The second-order valence-electron chi connectivity index (χ2n) is 6.82. The molecule has 2 atom stereocenters. The number of amides is 2. The molecule has 0 aromatic heterocycles. The first-order valence-electron chi connectivity index (χ1n) is 8.55. The molecule has 0 bridgehead atoms. The zero-order valence-electron chi connectivity index (χ0n) is 13.5. The lowest BCUT2D eigenvalue weighted by molar-refractivity contribution is -0.127. The quantitative estimate of drug-likeness (QED) is 0.868. The Bertz CT molecular complexity index is 631. The van der Waals surface area contributed by atoms with Gasteiger partial charge in [-0.3, -0.25) is 9.59 Å². The number of rotatable bonds is 5. The van der Waals surface area contributed by atoms with Gasteiger partial charge < -0.3 is 10.6 Å². The van der Waals surface area contributed by atoms with E-state index in [1.807, 2.05) is 0 Å². The Morgan fingerprint density at radius 3 is 2.58 bits per heavy atom. The molecule has 2 fully saturated rings. The number of hydrogen-bond donors (Lipinski definition) is 2. The first-order valence-corrected chi connectivity index (χ1v) is 8.55. The molecule has 2 aliphatic rings. The van der Waals surface area contributed by atoms with Crippen molar-refractivity contribution in [2.24, 2.45) is 5.92 Å². The van der Waals surface area contributed by atoms with E-state index in [0.717, 1.165) is 50.3 Å². The maximum Gasteiger partial charge on any atom is 0.224 e. The van der Waals surface area contributed by atoms with E-state index in [1.54, 1.807) is 0 Å². The van der Waals surface area contributed by atoms with Crippen molar-refractivity contribution >= 4 is 11.8 Å². The van der Waals surface area contributed by atoms with Crippen molar-refractivity contribution in [3.63, 3.8) is 0 Å². The van der Waals surface area contributed by atoms with Gasteiger partial charge in [-0.05, 0) is 50.3 Å². The first kappa shape index (κ1) is 16.9. The van der Waals surface area contributed by atoms with Crippen LogP contribution in [-0.4, -0.2) is 23.9 Å². The van der Waals surface area contributed by atoms with E-state index >= 15 is 0 Å².